The summed E-state index contributed by atoms with van der Waals surface area (Å²) in [7, 11) is 0. The van der Waals surface area contributed by atoms with Crippen LogP contribution in [-0.2, 0) is 14.3 Å². The molecule has 3 heteroatoms. The van der Waals surface area contributed by atoms with Gasteiger partial charge in [-0.05, 0) is 73.5 Å². The van der Waals surface area contributed by atoms with Gasteiger partial charge in [-0.25, -0.2) is 0 Å². The molecule has 4 fully saturated rings. The van der Waals surface area contributed by atoms with Crippen LogP contribution >= 0.6 is 0 Å². The maximum Gasteiger partial charge on any atom is 0.302 e. The third kappa shape index (κ3) is 2.38. The third-order valence-electron chi connectivity index (χ3n) is 10.4. The van der Waals surface area contributed by atoms with Crippen LogP contribution in [0.4, 0.5) is 0 Å². The lowest BCUT2D eigenvalue weighted by Crippen LogP contribution is -2.61. The average molecular weight is 375 g/mol. The van der Waals surface area contributed by atoms with Crippen molar-refractivity contribution in [3.05, 3.63) is 0 Å². The van der Waals surface area contributed by atoms with Gasteiger partial charge in [-0.15, -0.1) is 0 Å². The minimum absolute atomic E-state index is 0.0795. The molecule has 0 N–H and O–H groups in total. The molecule has 0 aromatic heterocycles. The lowest BCUT2D eigenvalue weighted by atomic mass is 9.38. The molecular formula is C24H38O3. The summed E-state index contributed by atoms with van der Waals surface area (Å²) in [5, 5.41) is 0. The summed E-state index contributed by atoms with van der Waals surface area (Å²) in [4.78, 5) is 24.4. The van der Waals surface area contributed by atoms with E-state index in [-0.39, 0.29) is 33.7 Å². The summed E-state index contributed by atoms with van der Waals surface area (Å²) in [6, 6.07) is 0. The second-order valence-electron chi connectivity index (χ2n) is 11.5. The molecule has 0 aromatic carbocycles. The molecule has 3 nitrogen and oxygen atoms in total. The Bertz CT molecular complexity index is 667. The SMILES string of the molecule is CC(=O)O[C@H]1CC[C@@]2(C)[C@@H]3CC[C@H]4C(C)(C)C(=O)CC[C@]4(C)[C@H]3CC[C@]12C. The van der Waals surface area contributed by atoms with Crippen LogP contribution in [0.3, 0.4) is 0 Å². The fraction of sp³-hybridized carbons (Fsp3) is 0.917. The minimum atomic E-state index is -0.171. The highest BCUT2D eigenvalue weighted by Crippen LogP contribution is 2.72. The van der Waals surface area contributed by atoms with Crippen LogP contribution in [0.1, 0.15) is 92.9 Å². The van der Waals surface area contributed by atoms with E-state index in [1.54, 1.807) is 6.92 Å². The molecule has 0 aromatic rings. The normalized spacial score (nSPS) is 51.1. The molecular weight excluding hydrogens is 336 g/mol. The summed E-state index contributed by atoms with van der Waals surface area (Å²) in [6.07, 6.45) is 8.89. The third-order valence-corrected chi connectivity index (χ3v) is 10.4. The van der Waals surface area contributed by atoms with E-state index in [9.17, 15) is 9.59 Å². The van der Waals surface area contributed by atoms with Gasteiger partial charge in [0, 0.05) is 24.2 Å². The summed E-state index contributed by atoms with van der Waals surface area (Å²) < 4.78 is 5.82. The van der Waals surface area contributed by atoms with Crippen molar-refractivity contribution in [1.82, 2.24) is 0 Å². The van der Waals surface area contributed by atoms with Gasteiger partial charge >= 0.3 is 5.97 Å². The van der Waals surface area contributed by atoms with Crippen LogP contribution in [0.2, 0.25) is 0 Å². The number of carbonyl (C=O) groups is 2. The number of carbonyl (C=O) groups excluding carboxylic acids is 2. The zero-order valence-corrected chi connectivity index (χ0v) is 18.2. The number of Topliss-reactive ketones (excluding diaryl/α,β-unsaturated/α-hetero) is 1. The van der Waals surface area contributed by atoms with Crippen LogP contribution in [0.15, 0.2) is 0 Å². The average Bonchev–Trinajstić information content (AvgIpc) is 2.83. The Kier molecular flexibility index (Phi) is 4.20. The second kappa shape index (κ2) is 5.83. The maximum atomic E-state index is 12.7. The quantitative estimate of drug-likeness (QED) is 0.565. The smallest absolute Gasteiger partial charge is 0.302 e. The van der Waals surface area contributed by atoms with E-state index < -0.39 is 0 Å². The highest BCUT2D eigenvalue weighted by atomic mass is 16.5. The zero-order valence-electron chi connectivity index (χ0n) is 18.2. The highest BCUT2D eigenvalue weighted by molar-refractivity contribution is 5.85. The molecule has 0 heterocycles. The van der Waals surface area contributed by atoms with E-state index in [2.05, 4.69) is 34.6 Å². The van der Waals surface area contributed by atoms with Crippen LogP contribution in [0, 0.1) is 39.4 Å². The number of ketones is 1. The van der Waals surface area contributed by atoms with E-state index in [4.69, 9.17) is 4.74 Å². The Morgan fingerprint density at radius 3 is 2.22 bits per heavy atom. The molecule has 152 valence electrons. The van der Waals surface area contributed by atoms with Gasteiger partial charge in [0.25, 0.3) is 0 Å². The van der Waals surface area contributed by atoms with E-state index in [0.717, 1.165) is 25.7 Å². The Hall–Kier alpha value is -0.860. The minimum Gasteiger partial charge on any atom is -0.462 e. The van der Waals surface area contributed by atoms with Crippen LogP contribution in [0.25, 0.3) is 0 Å². The van der Waals surface area contributed by atoms with Gasteiger partial charge in [0.15, 0.2) is 0 Å². The number of hydrogen-bond acceptors (Lipinski definition) is 3. The van der Waals surface area contributed by atoms with Crippen molar-refractivity contribution in [2.45, 2.75) is 99.0 Å². The highest BCUT2D eigenvalue weighted by Gasteiger charge is 2.68. The molecule has 4 aliphatic carbocycles. The maximum absolute atomic E-state index is 12.7. The number of hydrogen-bond donors (Lipinski definition) is 0. The first kappa shape index (κ1) is 19.5. The summed E-state index contributed by atoms with van der Waals surface area (Å²) in [6.45, 7) is 13.4. The first-order valence-corrected chi connectivity index (χ1v) is 11.2. The van der Waals surface area contributed by atoms with Crippen molar-refractivity contribution in [3.63, 3.8) is 0 Å². The molecule has 4 aliphatic rings. The fourth-order valence-corrected chi connectivity index (χ4v) is 8.64. The van der Waals surface area contributed by atoms with E-state index in [1.807, 2.05) is 0 Å². The van der Waals surface area contributed by atoms with Gasteiger partial charge in [0.05, 0.1) is 0 Å². The lowest BCUT2D eigenvalue weighted by molar-refractivity contribution is -0.192. The fourth-order valence-electron chi connectivity index (χ4n) is 8.64. The number of fused-ring (bicyclic) bond motifs is 5. The second-order valence-corrected chi connectivity index (χ2v) is 11.5. The van der Waals surface area contributed by atoms with E-state index in [1.165, 1.54) is 25.7 Å². The molecule has 0 spiro atoms. The molecule has 0 radical (unpaired) electrons. The zero-order chi connectivity index (χ0) is 19.8. The van der Waals surface area contributed by atoms with E-state index >= 15 is 0 Å². The predicted molar refractivity (Wildman–Crippen MR) is 106 cm³/mol. The predicted octanol–water partition coefficient (Wildman–Crippen LogP) is 5.56. The van der Waals surface area contributed by atoms with E-state index in [0.29, 0.717) is 23.5 Å². The van der Waals surface area contributed by atoms with Crippen molar-refractivity contribution in [2.24, 2.45) is 39.4 Å². The molecule has 4 saturated carbocycles. The van der Waals surface area contributed by atoms with Gasteiger partial charge in [-0.1, -0.05) is 34.6 Å². The van der Waals surface area contributed by atoms with Crippen LogP contribution in [-0.4, -0.2) is 17.9 Å². The summed E-state index contributed by atoms with van der Waals surface area (Å²) in [5.41, 5.74) is 0.457. The largest absolute Gasteiger partial charge is 0.462 e. The molecule has 0 aliphatic heterocycles. The Morgan fingerprint density at radius 2 is 1.56 bits per heavy atom. The van der Waals surface area contributed by atoms with Crippen molar-refractivity contribution < 1.29 is 14.3 Å². The Morgan fingerprint density at radius 1 is 0.889 bits per heavy atom. The molecule has 7 atom stereocenters. The molecule has 27 heavy (non-hydrogen) atoms. The van der Waals surface area contributed by atoms with Gasteiger partial charge in [-0.3, -0.25) is 9.59 Å². The summed E-state index contributed by atoms with van der Waals surface area (Å²) in [5.74, 6) is 2.27. The monoisotopic (exact) mass is 374 g/mol. The molecule has 0 saturated heterocycles. The van der Waals surface area contributed by atoms with Crippen molar-refractivity contribution in [1.29, 1.82) is 0 Å². The van der Waals surface area contributed by atoms with Crippen LogP contribution < -0.4 is 0 Å². The Labute approximate surface area is 165 Å². The standard InChI is InChI=1S/C24H38O3/c1-15(25)27-20-11-14-23(5)17-7-8-18-21(2,3)19(26)10-12-22(18,4)16(17)9-13-24(20,23)6/h16-18,20H,7-14H2,1-6H3/t16-,17+,18-,20-,22+,23-,24+/m0/s1. The topological polar surface area (TPSA) is 43.4 Å². The molecule has 0 unspecified atom stereocenters. The molecule has 0 bridgehead atoms. The first-order valence-electron chi connectivity index (χ1n) is 11.2. The van der Waals surface area contributed by atoms with Crippen molar-refractivity contribution in [2.75, 3.05) is 0 Å². The Balaban J connectivity index is 1.68. The molecule has 4 rings (SSSR count). The molecule has 0 amide bonds. The van der Waals surface area contributed by atoms with Gasteiger partial charge < -0.3 is 4.74 Å². The van der Waals surface area contributed by atoms with Crippen molar-refractivity contribution in [3.8, 4) is 0 Å². The van der Waals surface area contributed by atoms with Gasteiger partial charge in [-0.2, -0.15) is 0 Å². The summed E-state index contributed by atoms with van der Waals surface area (Å²) >= 11 is 0. The number of esters is 1. The number of ether oxygens (including phenoxy) is 1. The van der Waals surface area contributed by atoms with Gasteiger partial charge in [0.1, 0.15) is 11.9 Å². The number of rotatable bonds is 1. The lowest BCUT2D eigenvalue weighted by Gasteiger charge is -2.66. The first-order chi connectivity index (χ1) is 12.5. The van der Waals surface area contributed by atoms with Crippen LogP contribution in [0.5, 0.6) is 0 Å². The van der Waals surface area contributed by atoms with Crippen molar-refractivity contribution >= 4 is 11.8 Å². The van der Waals surface area contributed by atoms with Gasteiger partial charge in [0.2, 0.25) is 0 Å².